The summed E-state index contributed by atoms with van der Waals surface area (Å²) >= 11 is 7.21. The molecule has 2 N–H and O–H groups in total. The maximum Gasteiger partial charge on any atom is 0.329 e. The number of rotatable bonds is 3. The Kier molecular flexibility index (Phi) is 3.37. The Morgan fingerprint density at radius 3 is 2.67 bits per heavy atom. The third kappa shape index (κ3) is 2.28. The van der Waals surface area contributed by atoms with Crippen molar-refractivity contribution < 1.29 is 19.1 Å². The minimum atomic E-state index is -1.19. The van der Waals surface area contributed by atoms with Crippen LogP contribution < -0.4 is 5.32 Å². The maximum atomic E-state index is 13.2. The molecule has 3 rings (SSSR count). The van der Waals surface area contributed by atoms with E-state index in [1.165, 1.54) is 18.2 Å². The van der Waals surface area contributed by atoms with Gasteiger partial charge in [-0.2, -0.15) is 0 Å². The van der Waals surface area contributed by atoms with E-state index >= 15 is 0 Å². The number of aliphatic carboxylic acids is 1. The standard InChI is InChI=1S/C14H11ClFNO3S/c15-10-8-3-2-7(16)6-9(8)21-11(10)12(18)17-14(13(19)20)4-1-5-14/h2-3,6H,1,4-5H2,(H,17,18)(H,19,20). The highest BCUT2D eigenvalue weighted by molar-refractivity contribution is 7.21. The van der Waals surface area contributed by atoms with Gasteiger partial charge in [0.05, 0.1) is 5.02 Å². The van der Waals surface area contributed by atoms with E-state index in [4.69, 9.17) is 11.6 Å². The molecule has 1 aliphatic carbocycles. The molecule has 110 valence electrons. The highest BCUT2D eigenvalue weighted by atomic mass is 35.5. The summed E-state index contributed by atoms with van der Waals surface area (Å²) in [6.07, 6.45) is 1.58. The summed E-state index contributed by atoms with van der Waals surface area (Å²) in [5.41, 5.74) is -1.19. The summed E-state index contributed by atoms with van der Waals surface area (Å²) in [6, 6.07) is 4.09. The number of halogens is 2. The Labute approximate surface area is 128 Å². The van der Waals surface area contributed by atoms with Crippen LogP contribution in [-0.4, -0.2) is 22.5 Å². The van der Waals surface area contributed by atoms with Crippen LogP contribution in [0.4, 0.5) is 4.39 Å². The van der Waals surface area contributed by atoms with E-state index in [-0.39, 0.29) is 9.90 Å². The van der Waals surface area contributed by atoms with Crippen LogP contribution in [0.15, 0.2) is 18.2 Å². The number of fused-ring (bicyclic) bond motifs is 1. The van der Waals surface area contributed by atoms with Gasteiger partial charge < -0.3 is 10.4 Å². The van der Waals surface area contributed by atoms with Crippen molar-refractivity contribution in [2.24, 2.45) is 0 Å². The van der Waals surface area contributed by atoms with Crippen LogP contribution in [0.3, 0.4) is 0 Å². The molecule has 1 aliphatic rings. The number of amides is 1. The molecule has 0 atom stereocenters. The van der Waals surface area contributed by atoms with Crippen LogP contribution >= 0.6 is 22.9 Å². The first kappa shape index (κ1) is 14.3. The fraction of sp³-hybridized carbons (Fsp3) is 0.286. The molecule has 1 fully saturated rings. The number of hydrogen-bond donors (Lipinski definition) is 2. The molecule has 1 heterocycles. The van der Waals surface area contributed by atoms with Crippen LogP contribution in [-0.2, 0) is 4.79 Å². The van der Waals surface area contributed by atoms with Crippen molar-refractivity contribution in [1.82, 2.24) is 5.32 Å². The number of carbonyl (C=O) groups is 2. The molecule has 0 bridgehead atoms. The number of benzene rings is 1. The van der Waals surface area contributed by atoms with Crippen molar-refractivity contribution in [1.29, 1.82) is 0 Å². The molecule has 0 radical (unpaired) electrons. The van der Waals surface area contributed by atoms with E-state index in [2.05, 4.69) is 5.32 Å². The second kappa shape index (κ2) is 4.96. The van der Waals surface area contributed by atoms with Crippen LogP contribution in [0.25, 0.3) is 10.1 Å². The number of nitrogens with one attached hydrogen (secondary N) is 1. The topological polar surface area (TPSA) is 66.4 Å². The first-order chi connectivity index (χ1) is 9.93. The van der Waals surface area contributed by atoms with Crippen molar-refractivity contribution in [2.75, 3.05) is 0 Å². The predicted molar refractivity (Wildman–Crippen MR) is 78.5 cm³/mol. The highest BCUT2D eigenvalue weighted by Crippen LogP contribution is 2.37. The molecule has 4 nitrogen and oxygen atoms in total. The summed E-state index contributed by atoms with van der Waals surface area (Å²) in [4.78, 5) is 23.8. The lowest BCUT2D eigenvalue weighted by molar-refractivity contribution is -0.148. The predicted octanol–water partition coefficient (Wildman–Crippen LogP) is 3.43. The highest BCUT2D eigenvalue weighted by Gasteiger charge is 2.46. The minimum Gasteiger partial charge on any atom is -0.480 e. The molecule has 21 heavy (non-hydrogen) atoms. The number of carboxylic acid groups (broad SMARTS) is 1. The quantitative estimate of drug-likeness (QED) is 0.907. The molecule has 1 aromatic carbocycles. The van der Waals surface area contributed by atoms with Crippen molar-refractivity contribution in [3.05, 3.63) is 33.9 Å². The Bertz CT molecular complexity index is 754. The van der Waals surface area contributed by atoms with Gasteiger partial charge in [-0.15, -0.1) is 11.3 Å². The van der Waals surface area contributed by atoms with Gasteiger partial charge >= 0.3 is 5.97 Å². The maximum absolute atomic E-state index is 13.2. The van der Waals surface area contributed by atoms with Crippen LogP contribution in [0.5, 0.6) is 0 Å². The zero-order chi connectivity index (χ0) is 15.2. The molecular formula is C14H11ClFNO3S. The Balaban J connectivity index is 1.95. The SMILES string of the molecule is O=C(NC1(C(=O)O)CCC1)c1sc2cc(F)ccc2c1Cl. The second-order valence-electron chi connectivity index (χ2n) is 5.08. The van der Waals surface area contributed by atoms with Crippen molar-refractivity contribution in [2.45, 2.75) is 24.8 Å². The molecule has 0 spiro atoms. The van der Waals surface area contributed by atoms with Gasteiger partial charge in [0.2, 0.25) is 0 Å². The Morgan fingerprint density at radius 2 is 2.10 bits per heavy atom. The van der Waals surface area contributed by atoms with E-state index in [0.29, 0.717) is 22.9 Å². The monoisotopic (exact) mass is 327 g/mol. The van der Waals surface area contributed by atoms with Crippen molar-refractivity contribution in [3.8, 4) is 0 Å². The zero-order valence-corrected chi connectivity index (χ0v) is 12.4. The first-order valence-corrected chi connectivity index (χ1v) is 7.56. The van der Waals surface area contributed by atoms with E-state index in [1.54, 1.807) is 0 Å². The van der Waals surface area contributed by atoms with Gasteiger partial charge in [-0.3, -0.25) is 4.79 Å². The smallest absolute Gasteiger partial charge is 0.329 e. The van der Waals surface area contributed by atoms with Gasteiger partial charge in [-0.05, 0) is 37.5 Å². The molecule has 1 aromatic heterocycles. The van der Waals surface area contributed by atoms with Gasteiger partial charge in [0, 0.05) is 10.1 Å². The summed E-state index contributed by atoms with van der Waals surface area (Å²) < 4.78 is 13.8. The first-order valence-electron chi connectivity index (χ1n) is 6.36. The largest absolute Gasteiger partial charge is 0.480 e. The average molecular weight is 328 g/mol. The van der Waals surface area contributed by atoms with Crippen LogP contribution in [0.2, 0.25) is 5.02 Å². The number of carbonyl (C=O) groups excluding carboxylic acids is 1. The van der Waals surface area contributed by atoms with Gasteiger partial charge in [0.15, 0.2) is 0 Å². The van der Waals surface area contributed by atoms with E-state index in [0.717, 1.165) is 17.8 Å². The molecule has 1 saturated carbocycles. The molecular weight excluding hydrogens is 317 g/mol. The summed E-state index contributed by atoms with van der Waals surface area (Å²) in [5.74, 6) is -1.97. The van der Waals surface area contributed by atoms with Gasteiger partial charge in [-0.25, -0.2) is 9.18 Å². The van der Waals surface area contributed by atoms with Gasteiger partial charge in [0.1, 0.15) is 16.2 Å². The second-order valence-corrected chi connectivity index (χ2v) is 6.51. The molecule has 7 heteroatoms. The molecule has 2 aromatic rings. The lowest BCUT2D eigenvalue weighted by atomic mass is 9.77. The molecule has 0 unspecified atom stereocenters. The van der Waals surface area contributed by atoms with Crippen LogP contribution in [0, 0.1) is 5.82 Å². The Hall–Kier alpha value is -1.66. The van der Waals surface area contributed by atoms with Crippen molar-refractivity contribution >= 4 is 44.9 Å². The third-order valence-corrected chi connectivity index (χ3v) is 5.42. The number of hydrogen-bond acceptors (Lipinski definition) is 3. The summed E-state index contributed by atoms with van der Waals surface area (Å²) in [6.45, 7) is 0. The molecule has 0 aliphatic heterocycles. The summed E-state index contributed by atoms with van der Waals surface area (Å²) in [5, 5.41) is 12.6. The number of carboxylic acids is 1. The normalized spacial score (nSPS) is 16.5. The zero-order valence-electron chi connectivity index (χ0n) is 10.8. The minimum absolute atomic E-state index is 0.213. The molecule has 0 saturated heterocycles. The number of thiophene rings is 1. The van der Waals surface area contributed by atoms with E-state index in [1.807, 2.05) is 0 Å². The van der Waals surface area contributed by atoms with E-state index in [9.17, 15) is 19.1 Å². The lowest BCUT2D eigenvalue weighted by Crippen LogP contribution is -2.59. The van der Waals surface area contributed by atoms with Gasteiger partial charge in [0.25, 0.3) is 5.91 Å². The fourth-order valence-electron chi connectivity index (χ4n) is 2.38. The summed E-state index contributed by atoms with van der Waals surface area (Å²) in [7, 11) is 0. The third-order valence-electron chi connectivity index (χ3n) is 3.77. The van der Waals surface area contributed by atoms with Crippen molar-refractivity contribution in [3.63, 3.8) is 0 Å². The fourth-order valence-corrected chi connectivity index (χ4v) is 3.82. The Morgan fingerprint density at radius 1 is 1.38 bits per heavy atom. The molecule has 1 amide bonds. The lowest BCUT2D eigenvalue weighted by Gasteiger charge is -2.38. The average Bonchev–Trinajstić information content (AvgIpc) is 2.70. The van der Waals surface area contributed by atoms with E-state index < -0.39 is 23.2 Å². The van der Waals surface area contributed by atoms with Crippen LogP contribution in [0.1, 0.15) is 28.9 Å². The van der Waals surface area contributed by atoms with Gasteiger partial charge in [-0.1, -0.05) is 11.6 Å².